The molecule has 0 saturated carbocycles. The minimum atomic E-state index is -4.85. The van der Waals surface area contributed by atoms with Crippen LogP contribution in [0.4, 0.5) is 13.2 Å². The van der Waals surface area contributed by atoms with Crippen molar-refractivity contribution in [1.29, 1.82) is 5.26 Å². The smallest absolute Gasteiger partial charge is 0.394 e. The fraction of sp³-hybridized carbons (Fsp3) is 0.435. The van der Waals surface area contributed by atoms with Gasteiger partial charge in [0.05, 0.1) is 18.2 Å². The minimum Gasteiger partial charge on any atom is -0.394 e. The summed E-state index contributed by atoms with van der Waals surface area (Å²) in [5.41, 5.74) is -1.60. The molecule has 0 amide bonds. The molecule has 3 rings (SSSR count). The van der Waals surface area contributed by atoms with E-state index in [-0.39, 0.29) is 17.5 Å². The Labute approximate surface area is 187 Å². The van der Waals surface area contributed by atoms with Crippen molar-refractivity contribution < 1.29 is 43.4 Å². The Morgan fingerprint density at radius 3 is 2.18 bits per heavy atom. The molecule has 0 radical (unpaired) electrons. The summed E-state index contributed by atoms with van der Waals surface area (Å²) in [5, 5.41) is 59.0. The van der Waals surface area contributed by atoms with E-state index in [0.29, 0.717) is 23.6 Å². The first-order valence-electron chi connectivity index (χ1n) is 10.1. The van der Waals surface area contributed by atoms with Crippen molar-refractivity contribution in [3.63, 3.8) is 0 Å². The van der Waals surface area contributed by atoms with Gasteiger partial charge in [0.1, 0.15) is 30.5 Å². The molecule has 10 heteroatoms. The third kappa shape index (κ3) is 4.89. The number of hydrogen-bond acceptors (Lipinski definition) is 7. The second-order valence-electron chi connectivity index (χ2n) is 8.22. The molecule has 1 aliphatic rings. The molecule has 1 fully saturated rings. The second-order valence-corrected chi connectivity index (χ2v) is 8.22. The third-order valence-corrected chi connectivity index (χ3v) is 5.93. The lowest BCUT2D eigenvalue weighted by atomic mass is 9.88. The zero-order chi connectivity index (χ0) is 24.6. The van der Waals surface area contributed by atoms with Crippen molar-refractivity contribution in [2.24, 2.45) is 0 Å². The minimum absolute atomic E-state index is 0.155. The summed E-state index contributed by atoms with van der Waals surface area (Å²) in [4.78, 5) is 0. The van der Waals surface area contributed by atoms with Crippen LogP contribution in [0.25, 0.3) is 0 Å². The number of halogens is 3. The topological polar surface area (TPSA) is 134 Å². The van der Waals surface area contributed by atoms with Gasteiger partial charge in [-0.25, -0.2) is 0 Å². The van der Waals surface area contributed by atoms with Gasteiger partial charge >= 0.3 is 6.18 Å². The van der Waals surface area contributed by atoms with Crippen LogP contribution < -0.4 is 0 Å². The molecule has 0 aromatic heterocycles. The molecule has 33 heavy (non-hydrogen) atoms. The molecule has 1 saturated heterocycles. The number of alkyl halides is 3. The summed E-state index contributed by atoms with van der Waals surface area (Å²) in [6.45, 7) is 0.0817. The third-order valence-electron chi connectivity index (χ3n) is 5.93. The highest BCUT2D eigenvalue weighted by Gasteiger charge is 2.51. The summed E-state index contributed by atoms with van der Waals surface area (Å²) >= 11 is 0. The lowest BCUT2D eigenvalue weighted by Gasteiger charge is -2.40. The summed E-state index contributed by atoms with van der Waals surface area (Å²) in [6, 6.07) is 11.7. The molecule has 0 bridgehead atoms. The van der Waals surface area contributed by atoms with Crippen LogP contribution in [0, 0.1) is 11.3 Å². The Morgan fingerprint density at radius 2 is 1.64 bits per heavy atom. The Hall–Kier alpha value is -2.52. The van der Waals surface area contributed by atoms with E-state index in [4.69, 9.17) is 4.74 Å². The number of aliphatic hydroxyl groups is 5. The van der Waals surface area contributed by atoms with Gasteiger partial charge in [-0.1, -0.05) is 36.4 Å². The predicted molar refractivity (Wildman–Crippen MR) is 109 cm³/mol. The number of rotatable bonds is 5. The molecule has 6 atom stereocenters. The molecule has 2 aromatic carbocycles. The van der Waals surface area contributed by atoms with Gasteiger partial charge in [0, 0.05) is 0 Å². The largest absolute Gasteiger partial charge is 0.421 e. The average Bonchev–Trinajstić information content (AvgIpc) is 2.77. The van der Waals surface area contributed by atoms with E-state index in [2.05, 4.69) is 0 Å². The van der Waals surface area contributed by atoms with Gasteiger partial charge in [-0.15, -0.1) is 0 Å². The Morgan fingerprint density at radius 1 is 1.00 bits per heavy atom. The fourth-order valence-electron chi connectivity index (χ4n) is 3.75. The highest BCUT2D eigenvalue weighted by Crippen LogP contribution is 2.38. The van der Waals surface area contributed by atoms with Crippen molar-refractivity contribution in [3.8, 4) is 6.07 Å². The SMILES string of the molecule is CC(O)(c1ccc(Cc2cc([C@@H]3O[C@H](CO)C(O)C(O)C3O)ccc2C#N)cc1)C(F)(F)F. The van der Waals surface area contributed by atoms with Crippen LogP contribution in [-0.4, -0.2) is 62.7 Å². The standard InChI is InChI=1S/C23H24F3NO6/c1-22(32,23(24,25)26)16-6-2-12(3-7-16)8-15-9-13(4-5-14(15)10-27)21-20(31)19(30)18(29)17(11-28)33-21/h2-7,9,17-21,28-32H,8,11H2,1H3/t17-,18?,19?,20?,21+,22?/m1/s1. The Bertz CT molecular complexity index is 1020. The molecule has 0 aliphatic carbocycles. The monoisotopic (exact) mass is 467 g/mol. The number of benzene rings is 2. The number of nitrogens with zero attached hydrogens (tertiary/aromatic N) is 1. The normalized spacial score (nSPS) is 27.6. The lowest BCUT2D eigenvalue weighted by molar-refractivity contribution is -0.258. The van der Waals surface area contributed by atoms with E-state index in [1.165, 1.54) is 24.3 Å². The van der Waals surface area contributed by atoms with Gasteiger partial charge in [0.15, 0.2) is 5.60 Å². The fourth-order valence-corrected chi connectivity index (χ4v) is 3.75. The summed E-state index contributed by atoms with van der Waals surface area (Å²) in [5.74, 6) is 0. The van der Waals surface area contributed by atoms with Gasteiger partial charge in [0.2, 0.25) is 0 Å². The number of nitriles is 1. The highest BCUT2D eigenvalue weighted by atomic mass is 19.4. The van der Waals surface area contributed by atoms with Crippen LogP contribution in [0.15, 0.2) is 42.5 Å². The van der Waals surface area contributed by atoms with E-state index in [1.807, 2.05) is 6.07 Å². The molecule has 5 N–H and O–H groups in total. The van der Waals surface area contributed by atoms with Crippen molar-refractivity contribution in [1.82, 2.24) is 0 Å². The molecular formula is C23H24F3NO6. The average molecular weight is 467 g/mol. The molecule has 1 heterocycles. The maximum atomic E-state index is 13.1. The van der Waals surface area contributed by atoms with Crippen LogP contribution in [0.5, 0.6) is 0 Å². The van der Waals surface area contributed by atoms with Crippen molar-refractivity contribution in [2.45, 2.75) is 55.6 Å². The quantitative estimate of drug-likeness (QED) is 0.449. The van der Waals surface area contributed by atoms with Gasteiger partial charge in [-0.05, 0) is 41.7 Å². The van der Waals surface area contributed by atoms with E-state index in [9.17, 15) is 44.0 Å². The molecular weight excluding hydrogens is 443 g/mol. The van der Waals surface area contributed by atoms with Crippen molar-refractivity contribution in [3.05, 3.63) is 70.3 Å². The highest BCUT2D eigenvalue weighted by molar-refractivity contribution is 5.44. The van der Waals surface area contributed by atoms with Crippen LogP contribution in [0.2, 0.25) is 0 Å². The summed E-state index contributed by atoms with van der Waals surface area (Å²) < 4.78 is 44.7. The maximum absolute atomic E-state index is 13.1. The first kappa shape index (κ1) is 25.1. The van der Waals surface area contributed by atoms with E-state index < -0.39 is 48.9 Å². The molecule has 2 aromatic rings. The van der Waals surface area contributed by atoms with Crippen LogP contribution in [0.3, 0.4) is 0 Å². The summed E-state index contributed by atoms with van der Waals surface area (Å²) in [7, 11) is 0. The van der Waals surface area contributed by atoms with Gasteiger partial charge < -0.3 is 30.3 Å². The van der Waals surface area contributed by atoms with Gasteiger partial charge in [-0.3, -0.25) is 0 Å². The van der Waals surface area contributed by atoms with E-state index in [0.717, 1.165) is 12.1 Å². The van der Waals surface area contributed by atoms with Crippen LogP contribution >= 0.6 is 0 Å². The first-order chi connectivity index (χ1) is 15.4. The molecule has 178 valence electrons. The van der Waals surface area contributed by atoms with Crippen LogP contribution in [0.1, 0.15) is 40.8 Å². The number of aliphatic hydroxyl groups excluding tert-OH is 4. The number of ether oxygens (including phenoxy) is 1. The summed E-state index contributed by atoms with van der Waals surface area (Å²) in [6.07, 6.45) is -11.4. The lowest BCUT2D eigenvalue weighted by Crippen LogP contribution is -2.55. The zero-order valence-electron chi connectivity index (χ0n) is 17.6. The van der Waals surface area contributed by atoms with Crippen LogP contribution in [-0.2, 0) is 16.8 Å². The Kier molecular flexibility index (Phi) is 7.14. The molecule has 0 spiro atoms. The molecule has 7 nitrogen and oxygen atoms in total. The number of hydrogen-bond donors (Lipinski definition) is 5. The van der Waals surface area contributed by atoms with Crippen molar-refractivity contribution >= 4 is 0 Å². The zero-order valence-corrected chi connectivity index (χ0v) is 17.6. The van der Waals surface area contributed by atoms with Crippen molar-refractivity contribution in [2.75, 3.05) is 6.61 Å². The first-order valence-corrected chi connectivity index (χ1v) is 10.1. The Balaban J connectivity index is 1.89. The molecule has 1 aliphatic heterocycles. The van der Waals surface area contributed by atoms with E-state index in [1.54, 1.807) is 6.07 Å². The predicted octanol–water partition coefficient (Wildman–Crippen LogP) is 1.43. The van der Waals surface area contributed by atoms with Gasteiger partial charge in [-0.2, -0.15) is 18.4 Å². The maximum Gasteiger partial charge on any atom is 0.421 e. The molecule has 4 unspecified atom stereocenters. The van der Waals surface area contributed by atoms with E-state index >= 15 is 0 Å². The second kappa shape index (κ2) is 9.38. The van der Waals surface area contributed by atoms with Gasteiger partial charge in [0.25, 0.3) is 0 Å².